The molecule has 0 radical (unpaired) electrons. The largest absolute Gasteiger partial charge is 0.416 e. The monoisotopic (exact) mass is 339 g/mol. The van der Waals surface area contributed by atoms with Crippen molar-refractivity contribution in [2.45, 2.75) is 42.4 Å². The summed E-state index contributed by atoms with van der Waals surface area (Å²) in [6.07, 6.45) is -0.218. The van der Waals surface area contributed by atoms with Crippen molar-refractivity contribution >= 4 is 11.8 Å². The van der Waals surface area contributed by atoms with Crippen LogP contribution in [0.2, 0.25) is 0 Å². The SMILES string of the molecule is C=CCn1c(SCc2ccc(C(F)(F)F)cc2)nnc1C1CC1. The van der Waals surface area contributed by atoms with Gasteiger partial charge in [0.05, 0.1) is 5.56 Å². The number of halogens is 3. The van der Waals surface area contributed by atoms with Gasteiger partial charge in [-0.2, -0.15) is 13.2 Å². The minimum Gasteiger partial charge on any atom is -0.302 e. The van der Waals surface area contributed by atoms with Crippen LogP contribution in [0.3, 0.4) is 0 Å². The molecule has 2 aromatic rings. The van der Waals surface area contributed by atoms with E-state index >= 15 is 0 Å². The van der Waals surface area contributed by atoms with Gasteiger partial charge in [-0.3, -0.25) is 0 Å². The van der Waals surface area contributed by atoms with Crippen molar-refractivity contribution in [3.8, 4) is 0 Å². The van der Waals surface area contributed by atoms with Crippen LogP contribution in [0.25, 0.3) is 0 Å². The van der Waals surface area contributed by atoms with Crippen LogP contribution < -0.4 is 0 Å². The van der Waals surface area contributed by atoms with Gasteiger partial charge >= 0.3 is 6.18 Å². The molecule has 1 aliphatic rings. The van der Waals surface area contributed by atoms with Gasteiger partial charge in [-0.25, -0.2) is 0 Å². The Kier molecular flexibility index (Phi) is 4.48. The summed E-state index contributed by atoms with van der Waals surface area (Å²) in [6, 6.07) is 5.23. The number of thioether (sulfide) groups is 1. The Morgan fingerprint density at radius 2 is 1.91 bits per heavy atom. The quantitative estimate of drug-likeness (QED) is 0.567. The Morgan fingerprint density at radius 3 is 2.48 bits per heavy atom. The Hall–Kier alpha value is -1.76. The fourth-order valence-electron chi connectivity index (χ4n) is 2.29. The summed E-state index contributed by atoms with van der Waals surface area (Å²) in [7, 11) is 0. The van der Waals surface area contributed by atoms with Gasteiger partial charge in [-0.15, -0.1) is 16.8 Å². The first-order valence-corrected chi connectivity index (χ1v) is 8.30. The molecular weight excluding hydrogens is 323 g/mol. The van der Waals surface area contributed by atoms with E-state index in [0.717, 1.165) is 41.5 Å². The van der Waals surface area contributed by atoms with E-state index in [1.807, 2.05) is 4.57 Å². The lowest BCUT2D eigenvalue weighted by Gasteiger charge is -2.08. The summed E-state index contributed by atoms with van der Waals surface area (Å²) < 4.78 is 39.7. The molecule has 0 unspecified atom stereocenters. The lowest BCUT2D eigenvalue weighted by Crippen LogP contribution is -2.04. The number of benzene rings is 1. The number of hydrogen-bond acceptors (Lipinski definition) is 3. The van der Waals surface area contributed by atoms with Crippen molar-refractivity contribution in [3.63, 3.8) is 0 Å². The van der Waals surface area contributed by atoms with Gasteiger partial charge in [0.25, 0.3) is 0 Å². The first-order chi connectivity index (χ1) is 11.0. The highest BCUT2D eigenvalue weighted by Crippen LogP contribution is 2.40. The van der Waals surface area contributed by atoms with Gasteiger partial charge in [-0.1, -0.05) is 30.0 Å². The molecule has 0 N–H and O–H groups in total. The predicted molar refractivity (Wildman–Crippen MR) is 83.2 cm³/mol. The zero-order valence-corrected chi connectivity index (χ0v) is 13.2. The van der Waals surface area contributed by atoms with Crippen LogP contribution in [0.1, 0.15) is 35.7 Å². The van der Waals surface area contributed by atoms with Gasteiger partial charge in [0, 0.05) is 18.2 Å². The molecule has 1 fully saturated rings. The second-order valence-corrected chi connectivity index (χ2v) is 6.44. The summed E-state index contributed by atoms with van der Waals surface area (Å²) in [5.74, 6) is 2.03. The number of alkyl halides is 3. The second kappa shape index (κ2) is 6.39. The van der Waals surface area contributed by atoms with E-state index in [1.54, 1.807) is 6.08 Å². The van der Waals surface area contributed by atoms with Gasteiger partial charge < -0.3 is 4.57 Å². The van der Waals surface area contributed by atoms with Gasteiger partial charge in [-0.05, 0) is 30.5 Å². The predicted octanol–water partition coefficient (Wildman–Crippen LogP) is 4.65. The van der Waals surface area contributed by atoms with Crippen LogP contribution in [0, 0.1) is 0 Å². The smallest absolute Gasteiger partial charge is 0.302 e. The molecule has 0 atom stereocenters. The van der Waals surface area contributed by atoms with Crippen molar-refractivity contribution in [1.29, 1.82) is 0 Å². The first kappa shape index (κ1) is 16.1. The van der Waals surface area contributed by atoms with Crippen molar-refractivity contribution in [3.05, 3.63) is 53.9 Å². The number of aromatic nitrogens is 3. The normalized spacial score (nSPS) is 14.9. The minimum atomic E-state index is -4.30. The van der Waals surface area contributed by atoms with Crippen LogP contribution in [0.4, 0.5) is 13.2 Å². The summed E-state index contributed by atoms with van der Waals surface area (Å²) in [4.78, 5) is 0. The molecule has 1 aromatic heterocycles. The van der Waals surface area contributed by atoms with Gasteiger partial charge in [0.2, 0.25) is 0 Å². The number of nitrogens with zero attached hydrogens (tertiary/aromatic N) is 3. The highest BCUT2D eigenvalue weighted by Gasteiger charge is 2.31. The maximum atomic E-state index is 12.6. The van der Waals surface area contributed by atoms with E-state index in [9.17, 15) is 13.2 Å². The van der Waals surface area contributed by atoms with Crippen molar-refractivity contribution in [1.82, 2.24) is 14.8 Å². The average Bonchev–Trinajstić information content (AvgIpc) is 3.28. The third-order valence-corrected chi connectivity index (χ3v) is 4.69. The van der Waals surface area contributed by atoms with Crippen molar-refractivity contribution in [2.75, 3.05) is 0 Å². The zero-order chi connectivity index (χ0) is 16.4. The molecule has 0 bridgehead atoms. The van der Waals surface area contributed by atoms with Crippen LogP contribution in [-0.4, -0.2) is 14.8 Å². The van der Waals surface area contributed by atoms with Crippen LogP contribution in [0.5, 0.6) is 0 Å². The van der Waals surface area contributed by atoms with E-state index in [4.69, 9.17) is 0 Å². The lowest BCUT2D eigenvalue weighted by atomic mass is 10.1. The molecule has 0 saturated heterocycles. The highest BCUT2D eigenvalue weighted by molar-refractivity contribution is 7.98. The fourth-order valence-corrected chi connectivity index (χ4v) is 3.20. The molecule has 7 heteroatoms. The van der Waals surface area contributed by atoms with E-state index in [2.05, 4.69) is 16.8 Å². The van der Waals surface area contributed by atoms with E-state index < -0.39 is 11.7 Å². The lowest BCUT2D eigenvalue weighted by molar-refractivity contribution is -0.137. The molecule has 0 aliphatic heterocycles. The molecule has 1 aliphatic carbocycles. The third-order valence-electron chi connectivity index (χ3n) is 3.65. The molecule has 122 valence electrons. The van der Waals surface area contributed by atoms with E-state index in [1.165, 1.54) is 23.9 Å². The van der Waals surface area contributed by atoms with Crippen LogP contribution in [0.15, 0.2) is 42.1 Å². The van der Waals surface area contributed by atoms with Gasteiger partial charge in [0.1, 0.15) is 5.82 Å². The number of hydrogen-bond donors (Lipinski definition) is 0. The molecule has 0 amide bonds. The molecule has 1 saturated carbocycles. The maximum Gasteiger partial charge on any atom is 0.416 e. The molecule has 3 rings (SSSR count). The Balaban J connectivity index is 1.69. The van der Waals surface area contributed by atoms with Crippen LogP contribution >= 0.6 is 11.8 Å². The summed E-state index contributed by atoms with van der Waals surface area (Å²) in [5.41, 5.74) is 0.196. The number of allylic oxidation sites excluding steroid dienone is 1. The van der Waals surface area contributed by atoms with Crippen molar-refractivity contribution in [2.24, 2.45) is 0 Å². The standard InChI is InChI=1S/C16H16F3N3S/c1-2-9-22-14(12-5-6-12)20-21-15(22)23-10-11-3-7-13(8-4-11)16(17,18)19/h2-4,7-8,12H,1,5-6,9-10H2. The molecule has 3 nitrogen and oxygen atoms in total. The highest BCUT2D eigenvalue weighted by atomic mass is 32.2. The zero-order valence-electron chi connectivity index (χ0n) is 12.4. The van der Waals surface area contributed by atoms with Crippen molar-refractivity contribution < 1.29 is 13.2 Å². The fraction of sp³-hybridized carbons (Fsp3) is 0.375. The maximum absolute atomic E-state index is 12.6. The first-order valence-electron chi connectivity index (χ1n) is 7.32. The van der Waals surface area contributed by atoms with E-state index in [-0.39, 0.29) is 0 Å². The molecule has 1 heterocycles. The average molecular weight is 339 g/mol. The van der Waals surface area contributed by atoms with Crippen LogP contribution in [-0.2, 0) is 18.5 Å². The Bertz CT molecular complexity index is 688. The molecular formula is C16H16F3N3S. The molecule has 0 spiro atoms. The molecule has 23 heavy (non-hydrogen) atoms. The Morgan fingerprint density at radius 1 is 1.22 bits per heavy atom. The van der Waals surface area contributed by atoms with Gasteiger partial charge in [0.15, 0.2) is 5.16 Å². The summed E-state index contributed by atoms with van der Waals surface area (Å²) in [5, 5.41) is 9.25. The Labute approximate surface area is 136 Å². The minimum absolute atomic E-state index is 0.489. The summed E-state index contributed by atoms with van der Waals surface area (Å²) in [6.45, 7) is 4.40. The molecule has 1 aromatic carbocycles. The third kappa shape index (κ3) is 3.77. The summed E-state index contributed by atoms with van der Waals surface area (Å²) >= 11 is 1.48. The second-order valence-electron chi connectivity index (χ2n) is 5.50. The van der Waals surface area contributed by atoms with E-state index in [0.29, 0.717) is 18.2 Å². The number of rotatable bonds is 6. The topological polar surface area (TPSA) is 30.7 Å².